The minimum atomic E-state index is -0.929. The zero-order chi connectivity index (χ0) is 13.3. The molecule has 0 aromatic carbocycles. The molecule has 0 radical (unpaired) electrons. The first-order valence-electron chi connectivity index (χ1n) is 4.65. The number of hydrogen-bond donors (Lipinski definition) is 1. The molecule has 8 nitrogen and oxygen atoms in total. The van der Waals surface area contributed by atoms with Crippen molar-refractivity contribution in [1.29, 1.82) is 0 Å². The van der Waals surface area contributed by atoms with Crippen LogP contribution in [0, 0.1) is 10.1 Å². The van der Waals surface area contributed by atoms with Gasteiger partial charge in [0.15, 0.2) is 0 Å². The van der Waals surface area contributed by atoms with Crippen LogP contribution in [0.25, 0.3) is 5.69 Å². The van der Waals surface area contributed by atoms with E-state index in [0.29, 0.717) is 10.3 Å². The van der Waals surface area contributed by atoms with Gasteiger partial charge in [0, 0.05) is 0 Å². The van der Waals surface area contributed by atoms with Crippen molar-refractivity contribution in [3.8, 4) is 5.69 Å². The van der Waals surface area contributed by atoms with Crippen LogP contribution in [0.3, 0.4) is 0 Å². The molecule has 2 rings (SSSR count). The third kappa shape index (κ3) is 2.07. The number of nitrogens with two attached hydrogens (primary N) is 1. The van der Waals surface area contributed by atoms with Crippen LogP contribution in [0.2, 0.25) is 0 Å². The van der Waals surface area contributed by atoms with Crippen LogP contribution in [0.4, 0.5) is 5.69 Å². The molecular weight excluding hydrogens is 306 g/mol. The summed E-state index contributed by atoms with van der Waals surface area (Å²) < 4.78 is 1.67. The number of hydrogen-bond acceptors (Lipinski definition) is 5. The van der Waals surface area contributed by atoms with Gasteiger partial charge in [0.05, 0.1) is 16.8 Å². The number of nitro groups is 1. The standard InChI is InChI=1S/C9H6BrN5O3/c10-7-2-1-5(3-12-7)14-8(9(11)16)6(4-13-14)15(17)18/h1-4H,(H2,11,16). The Labute approximate surface area is 109 Å². The van der Waals surface area contributed by atoms with Gasteiger partial charge < -0.3 is 5.73 Å². The zero-order valence-corrected chi connectivity index (χ0v) is 10.4. The molecule has 0 saturated carbocycles. The van der Waals surface area contributed by atoms with E-state index in [0.717, 1.165) is 10.9 Å². The van der Waals surface area contributed by atoms with Crippen LogP contribution >= 0.6 is 15.9 Å². The maximum Gasteiger partial charge on any atom is 0.320 e. The molecule has 0 aliphatic heterocycles. The Morgan fingerprint density at radius 3 is 2.67 bits per heavy atom. The number of pyridine rings is 1. The number of rotatable bonds is 3. The number of primary amides is 1. The number of halogens is 1. The van der Waals surface area contributed by atoms with E-state index in [1.165, 1.54) is 6.20 Å². The van der Waals surface area contributed by atoms with E-state index in [2.05, 4.69) is 26.0 Å². The highest BCUT2D eigenvalue weighted by Gasteiger charge is 2.25. The van der Waals surface area contributed by atoms with Gasteiger partial charge in [0.1, 0.15) is 10.8 Å². The van der Waals surface area contributed by atoms with Crippen molar-refractivity contribution in [2.75, 3.05) is 0 Å². The Bertz CT molecular complexity index is 622. The summed E-state index contributed by atoms with van der Waals surface area (Å²) in [6, 6.07) is 3.22. The van der Waals surface area contributed by atoms with Crippen LogP contribution in [-0.4, -0.2) is 25.6 Å². The third-order valence-corrected chi connectivity index (χ3v) is 2.61. The Hall–Kier alpha value is -2.29. The number of amides is 1. The van der Waals surface area contributed by atoms with Crippen LogP contribution in [-0.2, 0) is 0 Å². The Balaban J connectivity index is 2.61. The van der Waals surface area contributed by atoms with Crippen molar-refractivity contribution in [1.82, 2.24) is 14.8 Å². The topological polar surface area (TPSA) is 117 Å². The van der Waals surface area contributed by atoms with E-state index >= 15 is 0 Å². The molecule has 1 amide bonds. The second-order valence-corrected chi connectivity index (χ2v) is 4.06. The minimum absolute atomic E-state index is 0.288. The highest BCUT2D eigenvalue weighted by Crippen LogP contribution is 2.21. The number of aromatic nitrogens is 3. The molecular formula is C9H6BrN5O3. The lowest BCUT2D eigenvalue weighted by molar-refractivity contribution is -0.385. The molecule has 0 aliphatic rings. The smallest absolute Gasteiger partial charge is 0.320 e. The fraction of sp³-hybridized carbons (Fsp3) is 0. The molecule has 2 heterocycles. The molecule has 2 aromatic rings. The second kappa shape index (κ2) is 4.53. The monoisotopic (exact) mass is 311 g/mol. The molecule has 0 fully saturated rings. The fourth-order valence-corrected chi connectivity index (χ4v) is 1.63. The Kier molecular flexibility index (Phi) is 3.06. The van der Waals surface area contributed by atoms with Gasteiger partial charge in [-0.25, -0.2) is 9.67 Å². The maximum absolute atomic E-state index is 11.3. The molecule has 0 aliphatic carbocycles. The highest BCUT2D eigenvalue weighted by molar-refractivity contribution is 9.10. The van der Waals surface area contributed by atoms with Gasteiger partial charge in [-0.1, -0.05) is 0 Å². The molecule has 0 unspecified atom stereocenters. The van der Waals surface area contributed by atoms with E-state index in [9.17, 15) is 14.9 Å². The predicted octanol–water partition coefficient (Wildman–Crippen LogP) is 1.04. The lowest BCUT2D eigenvalue weighted by Gasteiger charge is -2.03. The van der Waals surface area contributed by atoms with Crippen LogP contribution in [0.5, 0.6) is 0 Å². The van der Waals surface area contributed by atoms with Crippen LogP contribution in [0.1, 0.15) is 10.5 Å². The minimum Gasteiger partial charge on any atom is -0.364 e. The maximum atomic E-state index is 11.3. The molecule has 0 atom stereocenters. The molecule has 0 bridgehead atoms. The second-order valence-electron chi connectivity index (χ2n) is 3.25. The summed E-state index contributed by atoms with van der Waals surface area (Å²) in [7, 11) is 0. The summed E-state index contributed by atoms with van der Waals surface area (Å²) in [4.78, 5) is 25.3. The first-order valence-corrected chi connectivity index (χ1v) is 5.44. The van der Waals surface area contributed by atoms with E-state index < -0.39 is 16.5 Å². The number of nitrogens with zero attached hydrogens (tertiary/aromatic N) is 4. The number of carbonyl (C=O) groups is 1. The summed E-state index contributed by atoms with van der Waals surface area (Å²) >= 11 is 3.15. The van der Waals surface area contributed by atoms with Gasteiger partial charge in [-0.2, -0.15) is 5.10 Å². The van der Waals surface area contributed by atoms with E-state index in [1.807, 2.05) is 0 Å². The fourth-order valence-electron chi connectivity index (χ4n) is 1.39. The normalized spacial score (nSPS) is 10.3. The van der Waals surface area contributed by atoms with Crippen molar-refractivity contribution in [2.24, 2.45) is 5.73 Å². The van der Waals surface area contributed by atoms with Gasteiger partial charge in [0.25, 0.3) is 5.91 Å². The average Bonchev–Trinajstić information content (AvgIpc) is 2.74. The predicted molar refractivity (Wildman–Crippen MR) is 64.2 cm³/mol. The third-order valence-electron chi connectivity index (χ3n) is 2.14. The van der Waals surface area contributed by atoms with Gasteiger partial charge >= 0.3 is 5.69 Å². The van der Waals surface area contributed by atoms with Gasteiger partial charge in [0.2, 0.25) is 5.69 Å². The Morgan fingerprint density at radius 1 is 1.44 bits per heavy atom. The molecule has 9 heteroatoms. The molecule has 18 heavy (non-hydrogen) atoms. The van der Waals surface area contributed by atoms with E-state index in [4.69, 9.17) is 5.73 Å². The molecule has 2 aromatic heterocycles. The van der Waals surface area contributed by atoms with Gasteiger partial charge in [-0.15, -0.1) is 0 Å². The van der Waals surface area contributed by atoms with Crippen LogP contribution in [0.15, 0.2) is 29.1 Å². The molecule has 2 N–H and O–H groups in total. The summed E-state index contributed by atoms with van der Waals surface area (Å²) in [5, 5.41) is 14.5. The lowest BCUT2D eigenvalue weighted by Crippen LogP contribution is -2.18. The van der Waals surface area contributed by atoms with Crippen molar-refractivity contribution in [2.45, 2.75) is 0 Å². The summed E-state index contributed by atoms with van der Waals surface area (Å²) in [5.41, 5.74) is 4.81. The van der Waals surface area contributed by atoms with Gasteiger partial charge in [-0.05, 0) is 28.1 Å². The highest BCUT2D eigenvalue weighted by atomic mass is 79.9. The summed E-state index contributed by atoms with van der Waals surface area (Å²) in [5.74, 6) is -0.929. The van der Waals surface area contributed by atoms with Crippen molar-refractivity contribution >= 4 is 27.5 Å². The number of carbonyl (C=O) groups excluding carboxylic acids is 1. The van der Waals surface area contributed by atoms with Crippen molar-refractivity contribution < 1.29 is 9.72 Å². The lowest BCUT2D eigenvalue weighted by atomic mass is 10.3. The first-order chi connectivity index (χ1) is 8.50. The SMILES string of the molecule is NC(=O)c1c([N+](=O)[O-])cnn1-c1ccc(Br)nc1. The van der Waals surface area contributed by atoms with E-state index in [1.54, 1.807) is 12.1 Å². The average molecular weight is 312 g/mol. The Morgan fingerprint density at radius 2 is 2.17 bits per heavy atom. The van der Waals surface area contributed by atoms with Crippen molar-refractivity contribution in [3.05, 3.63) is 44.9 Å². The largest absolute Gasteiger partial charge is 0.364 e. The summed E-state index contributed by atoms with van der Waals surface area (Å²) in [6.07, 6.45) is 2.38. The van der Waals surface area contributed by atoms with Crippen molar-refractivity contribution in [3.63, 3.8) is 0 Å². The zero-order valence-electron chi connectivity index (χ0n) is 8.78. The first kappa shape index (κ1) is 12.2. The molecule has 92 valence electrons. The van der Waals surface area contributed by atoms with E-state index in [-0.39, 0.29) is 5.69 Å². The van der Waals surface area contributed by atoms with Gasteiger partial charge in [-0.3, -0.25) is 14.9 Å². The molecule has 0 spiro atoms. The van der Waals surface area contributed by atoms with Crippen LogP contribution < -0.4 is 5.73 Å². The molecule has 0 saturated heterocycles. The summed E-state index contributed by atoms with van der Waals surface area (Å²) in [6.45, 7) is 0. The quantitative estimate of drug-likeness (QED) is 0.516.